The summed E-state index contributed by atoms with van der Waals surface area (Å²) in [7, 11) is 0. The van der Waals surface area contributed by atoms with Gasteiger partial charge in [0.15, 0.2) is 94.5 Å². The zero-order chi connectivity index (χ0) is 52.8. The summed E-state index contributed by atoms with van der Waals surface area (Å²) in [5.74, 6) is -71.1. The molecule has 0 aliphatic rings. The Balaban J connectivity index is 0.000000306. The standard InChI is InChI=1S/C24BF20.C24H34NO/c26-5-1(6(27)14(35)21(42)13(5)34)25(2-7(28)15(36)22(43)16(37)8(2)29,3-9(30)17(38)23(44)18(39)10(3)31)4-11(32)19(40)24(45)20(41)12(4)33;1-2-3-4-5-6-7-8-9-13-16-24(26)23-17-19-25(20-18-23)21-22-14-11-10-12-15-22/h;10-12,14-15,17-20H,2-9,13,16,21H2,1H3/q-1;+1. The van der Waals surface area contributed by atoms with Crippen LogP contribution >= 0.6 is 0 Å². The van der Waals surface area contributed by atoms with Crippen LogP contribution in [0.25, 0.3) is 0 Å². The molecule has 6 aromatic rings. The van der Waals surface area contributed by atoms with E-state index < -0.39 is 144 Å². The van der Waals surface area contributed by atoms with E-state index in [1.807, 2.05) is 30.6 Å². The van der Waals surface area contributed by atoms with Gasteiger partial charge in [0.1, 0.15) is 52.7 Å². The molecule has 0 atom stereocenters. The van der Waals surface area contributed by atoms with Gasteiger partial charge in [-0.1, -0.05) is 88.6 Å². The van der Waals surface area contributed by atoms with Gasteiger partial charge in [-0.25, -0.2) is 92.4 Å². The van der Waals surface area contributed by atoms with Crippen molar-refractivity contribution in [3.05, 3.63) is 182 Å². The molecule has 6 rings (SSSR count). The zero-order valence-electron chi connectivity index (χ0n) is 36.5. The lowest BCUT2D eigenvalue weighted by molar-refractivity contribution is -0.688. The van der Waals surface area contributed by atoms with E-state index >= 15 is 35.1 Å². The number of hydrogen-bond donors (Lipinski definition) is 0. The highest BCUT2D eigenvalue weighted by Gasteiger charge is 2.52. The number of halogens is 20. The van der Waals surface area contributed by atoms with E-state index in [0.717, 1.165) is 18.5 Å². The minimum Gasteiger partial charge on any atom is -0.294 e. The molecule has 0 spiro atoms. The molecule has 0 aliphatic carbocycles. The number of rotatable bonds is 17. The number of carbonyl (C=O) groups is 1. The fourth-order valence-corrected chi connectivity index (χ4v) is 8.16. The van der Waals surface area contributed by atoms with Gasteiger partial charge < -0.3 is 0 Å². The molecule has 1 aromatic heterocycles. The topological polar surface area (TPSA) is 20.9 Å². The molecular weight excluding hydrogens is 997 g/mol. The van der Waals surface area contributed by atoms with Crippen LogP contribution in [0.3, 0.4) is 0 Å². The highest BCUT2D eigenvalue weighted by molar-refractivity contribution is 7.20. The van der Waals surface area contributed by atoms with Crippen molar-refractivity contribution in [3.63, 3.8) is 0 Å². The van der Waals surface area contributed by atoms with Gasteiger partial charge >= 0.3 is 0 Å². The Morgan fingerprint density at radius 2 is 0.634 bits per heavy atom. The highest BCUT2D eigenvalue weighted by Crippen LogP contribution is 2.31. The average molecular weight is 1030 g/mol. The Labute approximate surface area is 390 Å². The Kier molecular flexibility index (Phi) is 18.1. The van der Waals surface area contributed by atoms with Crippen LogP contribution in [0.4, 0.5) is 87.8 Å². The van der Waals surface area contributed by atoms with Gasteiger partial charge in [-0.05, 0) is 6.42 Å². The Morgan fingerprint density at radius 3 is 0.930 bits per heavy atom. The van der Waals surface area contributed by atoms with Gasteiger partial charge in [0.2, 0.25) is 0 Å². The van der Waals surface area contributed by atoms with E-state index in [1.54, 1.807) is 0 Å². The fraction of sp³-hybridized carbons (Fsp3) is 0.250. The van der Waals surface area contributed by atoms with Gasteiger partial charge in [-0.3, -0.25) is 4.79 Å². The summed E-state index contributed by atoms with van der Waals surface area (Å²) >= 11 is 0. The molecule has 5 aromatic carbocycles. The largest absolute Gasteiger partial charge is 0.294 e. The summed E-state index contributed by atoms with van der Waals surface area (Å²) in [4.78, 5) is 12.3. The third-order valence-corrected chi connectivity index (χ3v) is 11.6. The molecule has 0 bridgehead atoms. The van der Waals surface area contributed by atoms with Crippen LogP contribution in [0, 0.1) is 116 Å². The summed E-state index contributed by atoms with van der Waals surface area (Å²) in [6, 6.07) is 14.3. The van der Waals surface area contributed by atoms with Crippen molar-refractivity contribution in [1.29, 1.82) is 0 Å². The average Bonchev–Trinajstić information content (AvgIpc) is 3.36. The first kappa shape index (κ1) is 55.5. The molecule has 0 saturated heterocycles. The molecule has 1 heterocycles. The highest BCUT2D eigenvalue weighted by atomic mass is 19.2. The number of aromatic nitrogens is 1. The zero-order valence-corrected chi connectivity index (χ0v) is 36.5. The smallest absolute Gasteiger partial charge is 0.200 e. The summed E-state index contributed by atoms with van der Waals surface area (Å²) in [5.41, 5.74) is -12.2. The maximum Gasteiger partial charge on any atom is 0.200 e. The lowest BCUT2D eigenvalue weighted by Gasteiger charge is -2.44. The van der Waals surface area contributed by atoms with Gasteiger partial charge in [-0.15, -0.1) is 21.9 Å². The molecule has 0 N–H and O–H groups in total. The van der Waals surface area contributed by atoms with Crippen molar-refractivity contribution in [2.75, 3.05) is 0 Å². The van der Waals surface area contributed by atoms with Crippen LogP contribution in [-0.4, -0.2) is 11.9 Å². The second-order valence-corrected chi connectivity index (χ2v) is 16.0. The molecule has 2 nitrogen and oxygen atoms in total. The first-order valence-electron chi connectivity index (χ1n) is 21.3. The van der Waals surface area contributed by atoms with Crippen molar-refractivity contribution in [1.82, 2.24) is 0 Å². The summed E-state index contributed by atoms with van der Waals surface area (Å²) in [6.07, 6.45) is 9.07. The number of carbonyl (C=O) groups excluding carboxylic acids is 1. The Hall–Kier alpha value is -6.42. The van der Waals surface area contributed by atoms with Gasteiger partial charge in [0.25, 0.3) is 0 Å². The Morgan fingerprint density at radius 1 is 0.366 bits per heavy atom. The molecule has 0 amide bonds. The van der Waals surface area contributed by atoms with Crippen molar-refractivity contribution in [2.45, 2.75) is 77.7 Å². The second-order valence-electron chi connectivity index (χ2n) is 16.0. The normalized spacial score (nSPS) is 11.6. The third-order valence-electron chi connectivity index (χ3n) is 11.6. The van der Waals surface area contributed by atoms with E-state index in [-0.39, 0.29) is 5.78 Å². The van der Waals surface area contributed by atoms with E-state index in [4.69, 9.17) is 0 Å². The first-order valence-corrected chi connectivity index (χ1v) is 21.3. The molecular formula is C48H34BF20NO. The van der Waals surface area contributed by atoms with Crippen LogP contribution in [0.15, 0.2) is 54.9 Å². The SMILES string of the molecule is CCCCCCCCCCCC(=O)c1cc[n+](Cc2ccccc2)cc1.Fc1c(F)c(F)c([B-](c2c(F)c(F)c(F)c(F)c2F)(c2c(F)c(F)c(F)c(F)c2F)c2c(F)c(F)c(F)c(F)c2F)c(F)c1F. The monoisotopic (exact) mass is 1030 g/mol. The minimum atomic E-state index is -7.22. The first-order chi connectivity index (χ1) is 33.5. The predicted molar refractivity (Wildman–Crippen MR) is 218 cm³/mol. The van der Waals surface area contributed by atoms with Gasteiger partial charge in [-0.2, -0.15) is 0 Å². The fourth-order valence-electron chi connectivity index (χ4n) is 8.16. The molecule has 0 radical (unpaired) electrons. The quantitative estimate of drug-likeness (QED) is 0.0170. The molecule has 0 unspecified atom stereocenters. The Bertz CT molecular complexity index is 2550. The number of Topliss-reactive ketones (excluding diaryl/α,β-unsaturated/α-hetero) is 1. The van der Waals surface area contributed by atoms with Crippen LogP contribution < -0.4 is 26.4 Å². The van der Waals surface area contributed by atoms with Crippen molar-refractivity contribution >= 4 is 33.8 Å². The lowest BCUT2D eigenvalue weighted by Crippen LogP contribution is -2.81. The number of ketones is 1. The summed E-state index contributed by atoms with van der Waals surface area (Å²) in [6.45, 7) is 3.10. The number of pyridine rings is 1. The van der Waals surface area contributed by atoms with Gasteiger partial charge in [0.05, 0.1) is 0 Å². The summed E-state index contributed by atoms with van der Waals surface area (Å²) < 4.78 is 296. The number of hydrogen-bond acceptors (Lipinski definition) is 1. The van der Waals surface area contributed by atoms with Crippen LogP contribution in [0.2, 0.25) is 0 Å². The molecule has 71 heavy (non-hydrogen) atoms. The van der Waals surface area contributed by atoms with E-state index in [2.05, 4.69) is 35.8 Å². The maximum atomic E-state index is 15.4. The van der Waals surface area contributed by atoms with Crippen LogP contribution in [0.1, 0.15) is 87.1 Å². The van der Waals surface area contributed by atoms with E-state index in [1.165, 1.54) is 56.9 Å². The predicted octanol–water partition coefficient (Wildman–Crippen LogP) is 12.0. The second kappa shape index (κ2) is 23.2. The third kappa shape index (κ3) is 10.6. The van der Waals surface area contributed by atoms with E-state index in [0.29, 0.717) is 6.42 Å². The molecule has 380 valence electrons. The molecule has 0 fully saturated rings. The van der Waals surface area contributed by atoms with Crippen molar-refractivity contribution in [3.8, 4) is 0 Å². The maximum absolute atomic E-state index is 15.4. The number of benzene rings is 5. The van der Waals surface area contributed by atoms with Crippen LogP contribution in [0.5, 0.6) is 0 Å². The van der Waals surface area contributed by atoms with Gasteiger partial charge in [0, 0.05) is 29.7 Å². The lowest BCUT2D eigenvalue weighted by atomic mass is 9.12. The molecule has 0 saturated carbocycles. The summed E-state index contributed by atoms with van der Waals surface area (Å²) in [5, 5.41) is 0. The molecule has 0 aliphatic heterocycles. The van der Waals surface area contributed by atoms with E-state index in [9.17, 15) is 57.5 Å². The number of nitrogens with zero attached hydrogens (tertiary/aromatic N) is 1. The van der Waals surface area contributed by atoms with Crippen LogP contribution in [-0.2, 0) is 6.54 Å². The number of unbranched alkanes of at least 4 members (excludes halogenated alkanes) is 8. The molecule has 23 heteroatoms. The van der Waals surface area contributed by atoms with Crippen molar-refractivity contribution in [2.24, 2.45) is 0 Å². The van der Waals surface area contributed by atoms with Crippen molar-refractivity contribution < 1.29 is 97.2 Å². The minimum absolute atomic E-state index is 0.278.